The van der Waals surface area contributed by atoms with Crippen molar-refractivity contribution in [2.75, 3.05) is 11.4 Å². The van der Waals surface area contributed by atoms with Crippen molar-refractivity contribution >= 4 is 17.6 Å². The maximum Gasteiger partial charge on any atom is 0.331 e. The van der Waals surface area contributed by atoms with Gasteiger partial charge in [0.05, 0.1) is 0 Å². The molecular formula is C15H19NO3. The predicted octanol–water partition coefficient (Wildman–Crippen LogP) is 2.77. The van der Waals surface area contributed by atoms with E-state index in [4.69, 9.17) is 5.11 Å². The number of aliphatic carboxylic acids is 1. The van der Waals surface area contributed by atoms with Crippen LogP contribution in [0, 0.1) is 6.92 Å². The lowest BCUT2D eigenvalue weighted by atomic mass is 10.1. The van der Waals surface area contributed by atoms with Gasteiger partial charge in [0.2, 0.25) is 0 Å². The summed E-state index contributed by atoms with van der Waals surface area (Å²) in [5, 5.41) is 8.95. The summed E-state index contributed by atoms with van der Waals surface area (Å²) in [5.41, 5.74) is 2.14. The molecule has 0 saturated carbocycles. The second kappa shape index (κ2) is 6.18. The van der Waals surface area contributed by atoms with Crippen LogP contribution in [0.5, 0.6) is 0 Å². The minimum atomic E-state index is -1.06. The summed E-state index contributed by atoms with van der Waals surface area (Å²) in [7, 11) is 0. The summed E-state index contributed by atoms with van der Waals surface area (Å²) in [5.74, 6) is -1.33. The first-order valence-corrected chi connectivity index (χ1v) is 6.18. The Kier molecular flexibility index (Phi) is 4.87. The molecule has 0 fully saturated rings. The van der Waals surface area contributed by atoms with E-state index in [2.05, 4.69) is 0 Å². The molecule has 0 unspecified atom stereocenters. The van der Waals surface area contributed by atoms with E-state index in [-0.39, 0.29) is 17.1 Å². The van der Waals surface area contributed by atoms with Crippen molar-refractivity contribution in [3.8, 4) is 0 Å². The lowest BCUT2D eigenvalue weighted by Gasteiger charge is -2.23. The standard InChI is InChI=1S/C15H19NO3/c1-5-16(13-9-7-6-8-10(13)2)14(17)11(3)12(4)15(18)19/h6-9H,5H2,1-4H3,(H,18,19). The Balaban J connectivity index is 3.19. The third kappa shape index (κ3) is 3.22. The van der Waals surface area contributed by atoms with Crippen molar-refractivity contribution in [2.45, 2.75) is 27.7 Å². The maximum atomic E-state index is 12.4. The van der Waals surface area contributed by atoms with E-state index < -0.39 is 5.97 Å². The van der Waals surface area contributed by atoms with Crippen LogP contribution in [-0.4, -0.2) is 23.5 Å². The van der Waals surface area contributed by atoms with Gasteiger partial charge >= 0.3 is 5.97 Å². The monoisotopic (exact) mass is 261 g/mol. The first kappa shape index (κ1) is 15.0. The molecule has 1 aromatic rings. The summed E-state index contributed by atoms with van der Waals surface area (Å²) in [6, 6.07) is 7.55. The highest BCUT2D eigenvalue weighted by molar-refractivity contribution is 6.09. The van der Waals surface area contributed by atoms with Crippen LogP contribution in [0.25, 0.3) is 0 Å². The smallest absolute Gasteiger partial charge is 0.331 e. The number of benzene rings is 1. The van der Waals surface area contributed by atoms with Crippen LogP contribution in [0.15, 0.2) is 35.4 Å². The lowest BCUT2D eigenvalue weighted by Crippen LogP contribution is -2.32. The number of likely N-dealkylation sites (N-methyl/N-ethyl adjacent to an activating group) is 1. The molecular weight excluding hydrogens is 242 g/mol. The van der Waals surface area contributed by atoms with E-state index in [1.54, 1.807) is 11.8 Å². The summed E-state index contributed by atoms with van der Waals surface area (Å²) in [6.45, 7) is 7.28. The summed E-state index contributed by atoms with van der Waals surface area (Å²) in [6.07, 6.45) is 0. The molecule has 0 aromatic heterocycles. The molecule has 102 valence electrons. The molecule has 1 rings (SSSR count). The van der Waals surface area contributed by atoms with Gasteiger partial charge in [0.1, 0.15) is 0 Å². The zero-order valence-electron chi connectivity index (χ0n) is 11.7. The Morgan fingerprint density at radius 3 is 2.21 bits per heavy atom. The number of para-hydroxylation sites is 1. The van der Waals surface area contributed by atoms with Crippen LogP contribution in [0.3, 0.4) is 0 Å². The van der Waals surface area contributed by atoms with Gasteiger partial charge in [0.15, 0.2) is 0 Å². The highest BCUT2D eigenvalue weighted by Gasteiger charge is 2.20. The molecule has 4 nitrogen and oxygen atoms in total. The van der Waals surface area contributed by atoms with Gasteiger partial charge in [-0.2, -0.15) is 0 Å². The number of aryl methyl sites for hydroxylation is 1. The van der Waals surface area contributed by atoms with Gasteiger partial charge in [-0.15, -0.1) is 0 Å². The Hall–Kier alpha value is -2.10. The number of carbonyl (C=O) groups is 2. The van der Waals surface area contributed by atoms with E-state index >= 15 is 0 Å². The summed E-state index contributed by atoms with van der Waals surface area (Å²) in [4.78, 5) is 24.9. The van der Waals surface area contributed by atoms with Gasteiger partial charge in [-0.3, -0.25) is 4.79 Å². The second-order valence-electron chi connectivity index (χ2n) is 4.39. The molecule has 0 aliphatic rings. The van der Waals surface area contributed by atoms with Crippen molar-refractivity contribution < 1.29 is 14.7 Å². The molecule has 1 N–H and O–H groups in total. The molecule has 0 heterocycles. The fraction of sp³-hybridized carbons (Fsp3) is 0.333. The largest absolute Gasteiger partial charge is 0.478 e. The predicted molar refractivity (Wildman–Crippen MR) is 75.2 cm³/mol. The number of carboxylic acid groups (broad SMARTS) is 1. The topological polar surface area (TPSA) is 57.6 Å². The van der Waals surface area contributed by atoms with Gasteiger partial charge in [0.25, 0.3) is 5.91 Å². The lowest BCUT2D eigenvalue weighted by molar-refractivity contribution is -0.133. The highest BCUT2D eigenvalue weighted by Crippen LogP contribution is 2.21. The zero-order chi connectivity index (χ0) is 14.6. The maximum absolute atomic E-state index is 12.4. The van der Waals surface area contributed by atoms with Crippen LogP contribution in [0.4, 0.5) is 5.69 Å². The van der Waals surface area contributed by atoms with Gasteiger partial charge < -0.3 is 10.0 Å². The van der Waals surface area contributed by atoms with E-state index in [1.807, 2.05) is 38.1 Å². The average molecular weight is 261 g/mol. The first-order valence-electron chi connectivity index (χ1n) is 6.18. The normalized spacial score (nSPS) is 11.8. The Labute approximate surface area is 113 Å². The van der Waals surface area contributed by atoms with Crippen molar-refractivity contribution in [3.63, 3.8) is 0 Å². The average Bonchev–Trinajstić information content (AvgIpc) is 2.39. The third-order valence-electron chi connectivity index (χ3n) is 3.17. The molecule has 0 radical (unpaired) electrons. The number of anilines is 1. The number of hydrogen-bond donors (Lipinski definition) is 1. The zero-order valence-corrected chi connectivity index (χ0v) is 11.7. The van der Waals surface area contributed by atoms with Crippen molar-refractivity contribution in [1.29, 1.82) is 0 Å². The highest BCUT2D eigenvalue weighted by atomic mass is 16.4. The van der Waals surface area contributed by atoms with Crippen molar-refractivity contribution in [2.24, 2.45) is 0 Å². The first-order chi connectivity index (χ1) is 8.90. The summed E-state index contributed by atoms with van der Waals surface area (Å²) >= 11 is 0. The number of carboxylic acids is 1. The molecule has 19 heavy (non-hydrogen) atoms. The van der Waals surface area contributed by atoms with Gasteiger partial charge in [-0.1, -0.05) is 18.2 Å². The molecule has 0 saturated heterocycles. The molecule has 1 amide bonds. The minimum Gasteiger partial charge on any atom is -0.478 e. The molecule has 0 bridgehead atoms. The van der Waals surface area contributed by atoms with E-state index in [0.29, 0.717) is 6.54 Å². The number of rotatable bonds is 4. The number of carbonyl (C=O) groups excluding carboxylic acids is 1. The van der Waals surface area contributed by atoms with Crippen LogP contribution < -0.4 is 4.90 Å². The van der Waals surface area contributed by atoms with Crippen LogP contribution >= 0.6 is 0 Å². The second-order valence-corrected chi connectivity index (χ2v) is 4.39. The molecule has 0 aliphatic heterocycles. The quantitative estimate of drug-likeness (QED) is 0.848. The molecule has 0 spiro atoms. The number of hydrogen-bond acceptors (Lipinski definition) is 2. The van der Waals surface area contributed by atoms with Gasteiger partial charge in [0, 0.05) is 23.4 Å². The van der Waals surface area contributed by atoms with Crippen LogP contribution in [-0.2, 0) is 9.59 Å². The molecule has 4 heteroatoms. The number of nitrogens with zero attached hydrogens (tertiary/aromatic N) is 1. The molecule has 1 aromatic carbocycles. The van der Waals surface area contributed by atoms with Crippen molar-refractivity contribution in [3.05, 3.63) is 41.0 Å². The molecule has 0 aliphatic carbocycles. The van der Waals surface area contributed by atoms with E-state index in [0.717, 1.165) is 11.3 Å². The Morgan fingerprint density at radius 1 is 1.16 bits per heavy atom. The fourth-order valence-corrected chi connectivity index (χ4v) is 1.81. The fourth-order valence-electron chi connectivity index (χ4n) is 1.81. The minimum absolute atomic E-state index is 0.0806. The van der Waals surface area contributed by atoms with E-state index in [9.17, 15) is 9.59 Å². The van der Waals surface area contributed by atoms with Crippen LogP contribution in [0.2, 0.25) is 0 Å². The number of amides is 1. The van der Waals surface area contributed by atoms with E-state index in [1.165, 1.54) is 6.92 Å². The molecule has 0 atom stereocenters. The van der Waals surface area contributed by atoms with Gasteiger partial charge in [-0.05, 0) is 39.3 Å². The summed E-state index contributed by atoms with van der Waals surface area (Å²) < 4.78 is 0. The third-order valence-corrected chi connectivity index (χ3v) is 3.17. The van der Waals surface area contributed by atoms with Crippen LogP contribution in [0.1, 0.15) is 26.3 Å². The Morgan fingerprint density at radius 2 is 1.74 bits per heavy atom. The van der Waals surface area contributed by atoms with Crippen molar-refractivity contribution in [1.82, 2.24) is 0 Å². The van der Waals surface area contributed by atoms with Gasteiger partial charge in [-0.25, -0.2) is 4.79 Å². The SMILES string of the molecule is CCN(C(=O)C(C)=C(C)C(=O)O)c1ccccc1C. The Bertz CT molecular complexity index is 532.